The van der Waals surface area contributed by atoms with Crippen LogP contribution in [0, 0.1) is 6.92 Å². The van der Waals surface area contributed by atoms with Gasteiger partial charge in [0.2, 0.25) is 5.91 Å². The van der Waals surface area contributed by atoms with Gasteiger partial charge in [0.25, 0.3) is 5.91 Å². The number of esters is 1. The van der Waals surface area contributed by atoms with Gasteiger partial charge in [-0.1, -0.05) is 35.5 Å². The second-order valence-electron chi connectivity index (χ2n) is 6.63. The van der Waals surface area contributed by atoms with E-state index in [1.165, 1.54) is 7.11 Å². The molecule has 3 N–H and O–H groups in total. The lowest BCUT2D eigenvalue weighted by molar-refractivity contribution is -0.113. The highest BCUT2D eigenvalue weighted by Crippen LogP contribution is 2.33. The van der Waals surface area contributed by atoms with Crippen molar-refractivity contribution in [3.05, 3.63) is 51.1 Å². The van der Waals surface area contributed by atoms with Crippen LogP contribution >= 0.6 is 34.7 Å². The van der Waals surface area contributed by atoms with Crippen LogP contribution in [0.2, 0.25) is 5.02 Å². The van der Waals surface area contributed by atoms with Gasteiger partial charge in [-0.2, -0.15) is 0 Å². The molecule has 1 aromatic carbocycles. The monoisotopic (exact) mass is 509 g/mol. The number of carbonyl (C=O) groups is 3. The second kappa shape index (κ2) is 10.7. The molecule has 0 bridgehead atoms. The number of nitrogens with one attached hydrogen (secondary N) is 1. The minimum atomic E-state index is -0.692. The van der Waals surface area contributed by atoms with Crippen molar-refractivity contribution in [1.29, 1.82) is 0 Å². The van der Waals surface area contributed by atoms with E-state index in [1.54, 1.807) is 36.7 Å². The molecule has 13 heteroatoms. The number of methoxy groups -OCH3 is 1. The van der Waals surface area contributed by atoms with Crippen LogP contribution in [0.25, 0.3) is 0 Å². The summed E-state index contributed by atoms with van der Waals surface area (Å²) in [6.45, 7) is 1.71. The normalized spacial score (nSPS) is 10.7. The SMILES string of the molecule is COC(=O)c1c(NC(=O)CSc2nnc(COc3ccccc3Cl)n2C)sc(C(N)=O)c1C. The summed E-state index contributed by atoms with van der Waals surface area (Å²) in [6.07, 6.45) is 0. The van der Waals surface area contributed by atoms with Crippen LogP contribution in [0.5, 0.6) is 5.75 Å². The van der Waals surface area contributed by atoms with E-state index in [9.17, 15) is 14.4 Å². The van der Waals surface area contributed by atoms with Crippen LogP contribution in [0.1, 0.15) is 31.4 Å². The zero-order valence-electron chi connectivity index (χ0n) is 17.9. The van der Waals surface area contributed by atoms with Gasteiger partial charge in [0, 0.05) is 7.05 Å². The molecule has 0 radical (unpaired) electrons. The number of hydrogen-bond donors (Lipinski definition) is 2. The predicted octanol–water partition coefficient (Wildman–Crippen LogP) is 3.03. The summed E-state index contributed by atoms with van der Waals surface area (Å²) in [4.78, 5) is 36.4. The molecule has 3 rings (SSSR count). The lowest BCUT2D eigenvalue weighted by atomic mass is 10.1. The van der Waals surface area contributed by atoms with Gasteiger partial charge in [0.15, 0.2) is 11.0 Å². The zero-order valence-corrected chi connectivity index (χ0v) is 20.3. The molecule has 33 heavy (non-hydrogen) atoms. The van der Waals surface area contributed by atoms with Crippen molar-refractivity contribution in [2.45, 2.75) is 18.7 Å². The van der Waals surface area contributed by atoms with E-state index >= 15 is 0 Å². The number of thioether (sulfide) groups is 1. The maximum Gasteiger partial charge on any atom is 0.341 e. The molecule has 0 aliphatic rings. The standard InChI is InChI=1S/C20H20ClN5O5S2/c1-10-15(19(29)30-3)18(33-16(10)17(22)28)23-14(27)9-32-20-25-24-13(26(20)2)8-31-12-7-5-4-6-11(12)21/h4-7H,8-9H2,1-3H3,(H2,22,28)(H,23,27). The third-order valence-corrected chi connectivity index (χ3v) is 7.02. The van der Waals surface area contributed by atoms with Crippen LogP contribution in [0.3, 0.4) is 0 Å². The lowest BCUT2D eigenvalue weighted by Crippen LogP contribution is -2.16. The lowest BCUT2D eigenvalue weighted by Gasteiger charge is -2.08. The third-order valence-electron chi connectivity index (χ3n) is 4.46. The highest BCUT2D eigenvalue weighted by Gasteiger charge is 2.25. The van der Waals surface area contributed by atoms with Crippen molar-refractivity contribution >= 4 is 57.5 Å². The Morgan fingerprint density at radius 2 is 2.00 bits per heavy atom. The fraction of sp³-hybridized carbons (Fsp3) is 0.250. The number of hydrogen-bond acceptors (Lipinski definition) is 9. The number of thiophene rings is 1. The molecule has 0 atom stereocenters. The van der Waals surface area contributed by atoms with Gasteiger partial charge in [-0.25, -0.2) is 4.79 Å². The zero-order chi connectivity index (χ0) is 24.1. The van der Waals surface area contributed by atoms with Gasteiger partial charge in [-0.3, -0.25) is 9.59 Å². The first-order valence-electron chi connectivity index (χ1n) is 9.42. The molecule has 0 spiro atoms. The molecule has 0 fully saturated rings. The number of rotatable bonds is 9. The highest BCUT2D eigenvalue weighted by molar-refractivity contribution is 7.99. The van der Waals surface area contributed by atoms with Gasteiger partial charge < -0.3 is 25.1 Å². The maximum absolute atomic E-state index is 12.5. The number of carbonyl (C=O) groups excluding carboxylic acids is 3. The van der Waals surface area contributed by atoms with E-state index in [0.29, 0.717) is 27.3 Å². The summed E-state index contributed by atoms with van der Waals surface area (Å²) in [5, 5.41) is 12.0. The summed E-state index contributed by atoms with van der Waals surface area (Å²) in [5.41, 5.74) is 5.82. The molecular formula is C20H20ClN5O5S2. The Morgan fingerprint density at radius 1 is 1.27 bits per heavy atom. The van der Waals surface area contributed by atoms with E-state index in [-0.39, 0.29) is 27.8 Å². The summed E-state index contributed by atoms with van der Waals surface area (Å²) in [7, 11) is 2.97. The molecule has 2 amide bonds. The van der Waals surface area contributed by atoms with Crippen LogP contribution < -0.4 is 15.8 Å². The van der Waals surface area contributed by atoms with Gasteiger partial charge in [0.1, 0.15) is 17.4 Å². The quantitative estimate of drug-likeness (QED) is 0.331. The number of primary amides is 1. The Balaban J connectivity index is 1.64. The summed E-state index contributed by atoms with van der Waals surface area (Å²) in [6, 6.07) is 7.08. The number of para-hydroxylation sites is 1. The number of anilines is 1. The first-order valence-corrected chi connectivity index (χ1v) is 11.6. The van der Waals surface area contributed by atoms with Crippen molar-refractivity contribution in [3.8, 4) is 5.75 Å². The minimum absolute atomic E-state index is 0.0131. The van der Waals surface area contributed by atoms with Crippen LogP contribution in [0.15, 0.2) is 29.4 Å². The molecule has 2 aromatic heterocycles. The van der Waals surface area contributed by atoms with E-state index in [4.69, 9.17) is 26.8 Å². The average Bonchev–Trinajstić information content (AvgIpc) is 3.30. The van der Waals surface area contributed by atoms with Gasteiger partial charge in [-0.05, 0) is 24.6 Å². The van der Waals surface area contributed by atoms with Gasteiger partial charge >= 0.3 is 5.97 Å². The Hall–Kier alpha value is -3.09. The van der Waals surface area contributed by atoms with Crippen LogP contribution in [-0.4, -0.2) is 45.4 Å². The molecule has 0 saturated heterocycles. The number of ether oxygens (including phenoxy) is 2. The minimum Gasteiger partial charge on any atom is -0.484 e. The maximum atomic E-state index is 12.5. The Bertz CT molecular complexity index is 1210. The molecule has 3 aromatic rings. The van der Waals surface area contributed by atoms with Crippen molar-refractivity contribution in [3.63, 3.8) is 0 Å². The topological polar surface area (TPSA) is 138 Å². The second-order valence-corrected chi connectivity index (χ2v) is 9.00. The van der Waals surface area contributed by atoms with Crippen molar-refractivity contribution < 1.29 is 23.9 Å². The van der Waals surface area contributed by atoms with Crippen molar-refractivity contribution in [2.24, 2.45) is 12.8 Å². The molecule has 0 aliphatic carbocycles. The van der Waals surface area contributed by atoms with E-state index in [0.717, 1.165) is 23.1 Å². The number of nitrogens with zero attached hydrogens (tertiary/aromatic N) is 3. The van der Waals surface area contributed by atoms with E-state index in [1.807, 2.05) is 6.07 Å². The fourth-order valence-corrected chi connectivity index (χ4v) is 4.76. The molecule has 0 aliphatic heterocycles. The number of amides is 2. The molecule has 0 unspecified atom stereocenters. The average molecular weight is 510 g/mol. The van der Waals surface area contributed by atoms with Gasteiger partial charge in [0.05, 0.1) is 28.3 Å². The number of benzene rings is 1. The smallest absolute Gasteiger partial charge is 0.341 e. The summed E-state index contributed by atoms with van der Waals surface area (Å²) in [5.74, 6) is -0.705. The number of aromatic nitrogens is 3. The van der Waals surface area contributed by atoms with Crippen LogP contribution in [0.4, 0.5) is 5.00 Å². The van der Waals surface area contributed by atoms with Crippen molar-refractivity contribution in [1.82, 2.24) is 14.8 Å². The molecule has 0 saturated carbocycles. The first kappa shape index (κ1) is 24.6. The Morgan fingerprint density at radius 3 is 2.67 bits per heavy atom. The molecule has 174 valence electrons. The number of nitrogens with two attached hydrogens (primary N) is 1. The van der Waals surface area contributed by atoms with Crippen molar-refractivity contribution in [2.75, 3.05) is 18.2 Å². The molecule has 2 heterocycles. The van der Waals surface area contributed by atoms with E-state index < -0.39 is 17.8 Å². The van der Waals surface area contributed by atoms with E-state index in [2.05, 4.69) is 15.5 Å². The summed E-state index contributed by atoms with van der Waals surface area (Å²) < 4.78 is 12.1. The predicted molar refractivity (Wildman–Crippen MR) is 125 cm³/mol. The molecule has 10 nitrogen and oxygen atoms in total. The largest absolute Gasteiger partial charge is 0.484 e. The highest BCUT2D eigenvalue weighted by atomic mass is 35.5. The van der Waals surface area contributed by atoms with Gasteiger partial charge in [-0.15, -0.1) is 21.5 Å². The summed E-state index contributed by atoms with van der Waals surface area (Å²) >= 11 is 8.16. The Kier molecular flexibility index (Phi) is 7.95. The molecular weight excluding hydrogens is 490 g/mol. The first-order chi connectivity index (χ1) is 15.7. The third kappa shape index (κ3) is 5.64. The fourth-order valence-electron chi connectivity index (χ4n) is 2.78. The number of halogens is 1. The van der Waals surface area contributed by atoms with Crippen LogP contribution in [-0.2, 0) is 23.2 Å². The Labute approximate surface area is 202 Å².